The Morgan fingerprint density at radius 2 is 2.00 bits per heavy atom. The highest BCUT2D eigenvalue weighted by Gasteiger charge is 2.05. The van der Waals surface area contributed by atoms with E-state index in [0.717, 1.165) is 39.0 Å². The lowest BCUT2D eigenvalue weighted by atomic mass is 10.0. The van der Waals surface area contributed by atoms with Crippen LogP contribution in [0.4, 0.5) is 5.82 Å². The maximum Gasteiger partial charge on any atom is 0.130 e. The van der Waals surface area contributed by atoms with E-state index in [-0.39, 0.29) is 0 Å². The van der Waals surface area contributed by atoms with Crippen molar-refractivity contribution in [2.24, 2.45) is 7.05 Å². The van der Waals surface area contributed by atoms with Crippen LogP contribution in [-0.4, -0.2) is 19.7 Å². The number of nitrogens with one attached hydrogen (secondary N) is 1. The van der Waals surface area contributed by atoms with Gasteiger partial charge in [0.25, 0.3) is 0 Å². The Balaban J connectivity index is 1.57. The van der Waals surface area contributed by atoms with Crippen molar-refractivity contribution < 1.29 is 0 Å². The summed E-state index contributed by atoms with van der Waals surface area (Å²) < 4.78 is 1.81. The molecule has 0 fully saturated rings. The first-order chi connectivity index (χ1) is 12.7. The average molecular weight is 341 g/mol. The molecule has 5 nitrogen and oxygen atoms in total. The highest BCUT2D eigenvalue weighted by atomic mass is 15.2. The van der Waals surface area contributed by atoms with Gasteiger partial charge in [-0.15, -0.1) is 0 Å². The molecule has 0 amide bonds. The van der Waals surface area contributed by atoms with Gasteiger partial charge in [-0.1, -0.05) is 24.8 Å². The smallest absolute Gasteiger partial charge is 0.130 e. The number of nitrogens with zero attached hydrogens (tertiary/aromatic N) is 4. The van der Waals surface area contributed by atoms with Gasteiger partial charge in [0.1, 0.15) is 5.82 Å². The quantitative estimate of drug-likeness (QED) is 0.591. The highest BCUT2D eigenvalue weighted by Crippen LogP contribution is 2.25. The first-order valence-electron chi connectivity index (χ1n) is 8.40. The van der Waals surface area contributed by atoms with E-state index in [9.17, 15) is 0 Å². The molecule has 0 saturated carbocycles. The fraction of sp³-hybridized carbons (Fsp3) is 0.0952. The molecule has 0 atom stereocenters. The van der Waals surface area contributed by atoms with Crippen LogP contribution in [0.1, 0.15) is 5.56 Å². The van der Waals surface area contributed by atoms with Crippen molar-refractivity contribution in [2.75, 3.05) is 5.32 Å². The van der Waals surface area contributed by atoms with Crippen molar-refractivity contribution >= 4 is 16.6 Å². The molecule has 4 aromatic rings. The number of hydrogen-bond donors (Lipinski definition) is 1. The molecular weight excluding hydrogens is 322 g/mol. The molecule has 5 heteroatoms. The van der Waals surface area contributed by atoms with Gasteiger partial charge in [-0.3, -0.25) is 9.67 Å². The van der Waals surface area contributed by atoms with Gasteiger partial charge in [-0.05, 0) is 34.7 Å². The summed E-state index contributed by atoms with van der Waals surface area (Å²) in [6, 6.07) is 12.3. The first kappa shape index (κ1) is 16.0. The fourth-order valence-electron chi connectivity index (χ4n) is 2.93. The van der Waals surface area contributed by atoms with E-state index >= 15 is 0 Å². The lowest BCUT2D eigenvalue weighted by molar-refractivity contribution is 0.768. The molecule has 0 saturated heterocycles. The number of allylic oxidation sites excluding steroid dienone is 1. The molecule has 1 N–H and O–H groups in total. The number of pyridine rings is 2. The molecule has 3 aromatic heterocycles. The third-order valence-electron chi connectivity index (χ3n) is 4.21. The molecule has 26 heavy (non-hydrogen) atoms. The molecule has 0 radical (unpaired) electrons. The maximum atomic E-state index is 4.49. The van der Waals surface area contributed by atoms with E-state index in [0.29, 0.717) is 6.42 Å². The van der Waals surface area contributed by atoms with Crippen molar-refractivity contribution in [1.82, 2.24) is 19.7 Å². The van der Waals surface area contributed by atoms with Crippen LogP contribution in [-0.2, 0) is 13.5 Å². The lowest BCUT2D eigenvalue weighted by Gasteiger charge is -2.10. The van der Waals surface area contributed by atoms with Gasteiger partial charge < -0.3 is 5.32 Å². The molecular formula is C21H19N5. The second-order valence-electron chi connectivity index (χ2n) is 6.30. The highest BCUT2D eigenvalue weighted by molar-refractivity contribution is 5.88. The standard InChI is InChI=1S/C21H19N5/c1-15(8-16-4-3-7-22-11-16)25-21-10-19-9-17(5-6-18(19)12-23-21)20-13-24-26(2)14-20/h3-7,9-14H,1,8H2,2H3,(H,23,25). The average Bonchev–Trinajstić information content (AvgIpc) is 3.08. The van der Waals surface area contributed by atoms with Crippen LogP contribution in [0.3, 0.4) is 0 Å². The summed E-state index contributed by atoms with van der Waals surface area (Å²) >= 11 is 0. The van der Waals surface area contributed by atoms with E-state index < -0.39 is 0 Å². The zero-order valence-corrected chi connectivity index (χ0v) is 14.6. The zero-order chi connectivity index (χ0) is 17.9. The molecule has 0 aliphatic rings. The first-order valence-corrected chi connectivity index (χ1v) is 8.40. The molecule has 4 rings (SSSR count). The van der Waals surface area contributed by atoms with Gasteiger partial charge in [-0.25, -0.2) is 4.98 Å². The number of anilines is 1. The summed E-state index contributed by atoms with van der Waals surface area (Å²) in [4.78, 5) is 8.63. The summed E-state index contributed by atoms with van der Waals surface area (Å²) in [7, 11) is 1.92. The minimum absolute atomic E-state index is 0.712. The number of aromatic nitrogens is 4. The summed E-state index contributed by atoms with van der Waals surface area (Å²) in [6.45, 7) is 4.10. The van der Waals surface area contributed by atoms with Crippen molar-refractivity contribution in [3.8, 4) is 11.1 Å². The molecule has 0 unspecified atom stereocenters. The Morgan fingerprint density at radius 3 is 2.77 bits per heavy atom. The third kappa shape index (κ3) is 3.47. The van der Waals surface area contributed by atoms with Gasteiger partial charge in [0.05, 0.1) is 6.20 Å². The Labute approximate surface area is 152 Å². The predicted octanol–water partition coefficient (Wildman–Crippen LogP) is 4.20. The second-order valence-corrected chi connectivity index (χ2v) is 6.30. The maximum absolute atomic E-state index is 4.49. The Hall–Kier alpha value is -3.47. The van der Waals surface area contributed by atoms with E-state index in [1.807, 2.05) is 54.7 Å². The van der Waals surface area contributed by atoms with Gasteiger partial charge >= 0.3 is 0 Å². The van der Waals surface area contributed by atoms with Crippen LogP contribution in [0, 0.1) is 0 Å². The molecule has 128 valence electrons. The molecule has 0 aliphatic heterocycles. The number of fused-ring (bicyclic) bond motifs is 1. The van der Waals surface area contributed by atoms with Crippen LogP contribution in [0.2, 0.25) is 0 Å². The molecule has 0 bridgehead atoms. The van der Waals surface area contributed by atoms with Crippen LogP contribution < -0.4 is 5.32 Å². The second kappa shape index (κ2) is 6.80. The summed E-state index contributed by atoms with van der Waals surface area (Å²) in [5.41, 5.74) is 4.23. The van der Waals surface area contributed by atoms with Gasteiger partial charge in [0, 0.05) is 54.9 Å². The van der Waals surface area contributed by atoms with Gasteiger partial charge in [-0.2, -0.15) is 5.10 Å². The largest absolute Gasteiger partial charge is 0.344 e. The third-order valence-corrected chi connectivity index (χ3v) is 4.21. The van der Waals surface area contributed by atoms with Crippen LogP contribution in [0.15, 0.2) is 79.7 Å². The van der Waals surface area contributed by atoms with Gasteiger partial charge in [0.2, 0.25) is 0 Å². The van der Waals surface area contributed by atoms with Crippen molar-refractivity contribution in [3.05, 3.63) is 85.2 Å². The Morgan fingerprint density at radius 1 is 1.08 bits per heavy atom. The summed E-state index contributed by atoms with van der Waals surface area (Å²) in [5, 5.41) is 9.76. The number of hydrogen-bond acceptors (Lipinski definition) is 4. The number of rotatable bonds is 5. The van der Waals surface area contributed by atoms with Crippen molar-refractivity contribution in [2.45, 2.75) is 6.42 Å². The van der Waals surface area contributed by atoms with Gasteiger partial charge in [0.15, 0.2) is 0 Å². The summed E-state index contributed by atoms with van der Waals surface area (Å²) in [5.74, 6) is 0.787. The minimum Gasteiger partial charge on any atom is -0.344 e. The van der Waals surface area contributed by atoms with Crippen LogP contribution in [0.5, 0.6) is 0 Å². The zero-order valence-electron chi connectivity index (χ0n) is 14.6. The van der Waals surface area contributed by atoms with E-state index in [2.05, 4.69) is 45.2 Å². The Kier molecular flexibility index (Phi) is 4.19. The van der Waals surface area contributed by atoms with E-state index in [1.165, 1.54) is 0 Å². The minimum atomic E-state index is 0.712. The number of aryl methyl sites for hydroxylation is 1. The Bertz CT molecular complexity index is 1070. The lowest BCUT2D eigenvalue weighted by Crippen LogP contribution is -2.03. The topological polar surface area (TPSA) is 55.6 Å². The fourth-order valence-corrected chi connectivity index (χ4v) is 2.93. The molecule has 0 spiro atoms. The molecule has 3 heterocycles. The van der Waals surface area contributed by atoms with Crippen LogP contribution >= 0.6 is 0 Å². The van der Waals surface area contributed by atoms with E-state index in [4.69, 9.17) is 0 Å². The normalized spacial score (nSPS) is 10.8. The van der Waals surface area contributed by atoms with Crippen molar-refractivity contribution in [3.63, 3.8) is 0 Å². The predicted molar refractivity (Wildman–Crippen MR) is 105 cm³/mol. The van der Waals surface area contributed by atoms with Crippen LogP contribution in [0.25, 0.3) is 21.9 Å². The molecule has 0 aliphatic carbocycles. The van der Waals surface area contributed by atoms with E-state index in [1.54, 1.807) is 6.20 Å². The monoisotopic (exact) mass is 341 g/mol. The van der Waals surface area contributed by atoms with Crippen molar-refractivity contribution in [1.29, 1.82) is 0 Å². The SMILES string of the molecule is C=C(Cc1cccnc1)Nc1cc2cc(-c3cnn(C)c3)ccc2cn1. The molecule has 1 aromatic carbocycles. The number of benzene rings is 1. The summed E-state index contributed by atoms with van der Waals surface area (Å²) in [6.07, 6.45) is 10.1.